The summed E-state index contributed by atoms with van der Waals surface area (Å²) < 4.78 is 14.9. The molecule has 1 saturated carbocycles. The van der Waals surface area contributed by atoms with Crippen molar-refractivity contribution in [3.63, 3.8) is 0 Å². The summed E-state index contributed by atoms with van der Waals surface area (Å²) in [5.41, 5.74) is 4.36. The van der Waals surface area contributed by atoms with Crippen LogP contribution in [0.15, 0.2) is 62.6 Å². The predicted octanol–water partition coefficient (Wildman–Crippen LogP) is 5.15. The second-order valence-corrected chi connectivity index (χ2v) is 13.2. The molecule has 1 fully saturated rings. The van der Waals surface area contributed by atoms with Gasteiger partial charge >= 0.3 is 57.1 Å². The summed E-state index contributed by atoms with van der Waals surface area (Å²) >= 11 is 0. The number of nitrogens with zero attached hydrogens (tertiary/aromatic N) is 5. The van der Waals surface area contributed by atoms with E-state index in [0.29, 0.717) is 30.3 Å². The molecule has 1 unspecified atom stereocenters. The average Bonchev–Trinajstić information content (AvgIpc) is 3.67. The van der Waals surface area contributed by atoms with Crippen LogP contribution in [0.4, 0.5) is 0 Å². The van der Waals surface area contributed by atoms with Gasteiger partial charge in [-0.1, -0.05) is 74.0 Å². The molecule has 0 spiro atoms. The summed E-state index contributed by atoms with van der Waals surface area (Å²) in [5, 5.41) is 19.2. The summed E-state index contributed by atoms with van der Waals surface area (Å²) in [7, 11) is 0. The van der Waals surface area contributed by atoms with Gasteiger partial charge in [0.25, 0.3) is 5.56 Å². The molecule has 0 radical (unpaired) electrons. The molecule has 2 N–H and O–H groups in total. The molecule has 250 valence electrons. The molecule has 2 aromatic carbocycles. The summed E-state index contributed by atoms with van der Waals surface area (Å²) in [4.78, 5) is 33.5. The molecule has 0 amide bonds. The zero-order chi connectivity index (χ0) is 33.3. The van der Waals surface area contributed by atoms with E-state index in [2.05, 4.69) is 17.1 Å². The van der Waals surface area contributed by atoms with Gasteiger partial charge in [0.05, 0.1) is 23.5 Å². The van der Waals surface area contributed by atoms with Gasteiger partial charge in [0.2, 0.25) is 5.78 Å². The number of H-pyrrole nitrogens is 1. The number of aromatic amines is 1. The van der Waals surface area contributed by atoms with Crippen molar-refractivity contribution in [3.05, 3.63) is 92.1 Å². The van der Waals surface area contributed by atoms with Crippen molar-refractivity contribution in [1.29, 1.82) is 0 Å². The summed E-state index contributed by atoms with van der Waals surface area (Å²) in [6.45, 7) is 9.60. The first kappa shape index (κ1) is 36.6. The van der Waals surface area contributed by atoms with Gasteiger partial charge < -0.3 is 9.84 Å². The Morgan fingerprint density at radius 3 is 2.33 bits per heavy atom. The third-order valence-electron chi connectivity index (χ3n) is 9.27. The number of aromatic nitrogens is 6. The van der Waals surface area contributed by atoms with Gasteiger partial charge in [-0.15, -0.1) is 0 Å². The van der Waals surface area contributed by atoms with Crippen LogP contribution in [0.5, 0.6) is 0 Å². The first-order valence-electron chi connectivity index (χ1n) is 16.7. The molecule has 0 aliphatic heterocycles. The van der Waals surface area contributed by atoms with E-state index in [-0.39, 0.29) is 75.2 Å². The molecule has 1 aliphatic rings. The normalized spacial score (nSPS) is 17.4. The van der Waals surface area contributed by atoms with Crippen molar-refractivity contribution in [2.24, 2.45) is 0 Å². The first-order valence-corrected chi connectivity index (χ1v) is 16.7. The molecule has 1 atom stereocenters. The van der Waals surface area contributed by atoms with Crippen molar-refractivity contribution in [3.8, 4) is 22.5 Å². The number of fused-ring (bicyclic) bond motifs is 1. The Bertz CT molecular complexity index is 1960. The van der Waals surface area contributed by atoms with E-state index in [1.165, 1.54) is 0 Å². The minimum atomic E-state index is -0.906. The monoisotopic (exact) mass is 680 g/mol. The minimum absolute atomic E-state index is 0. The molecule has 5 aromatic rings. The molecular formula is C36H45KN6O5. The van der Waals surface area contributed by atoms with Gasteiger partial charge in [-0.25, -0.2) is 9.31 Å². The fourth-order valence-electron chi connectivity index (χ4n) is 6.96. The molecule has 0 saturated heterocycles. The predicted molar refractivity (Wildman–Crippen MR) is 187 cm³/mol. The number of aryl methyl sites for hydroxylation is 2. The van der Waals surface area contributed by atoms with E-state index >= 15 is 0 Å². The van der Waals surface area contributed by atoms with Gasteiger partial charge in [-0.05, 0) is 76.0 Å². The van der Waals surface area contributed by atoms with Crippen LogP contribution in [0, 0.1) is 6.92 Å². The second-order valence-electron chi connectivity index (χ2n) is 13.2. The number of hydrogen-bond donors (Lipinski definition) is 2. The van der Waals surface area contributed by atoms with Crippen molar-refractivity contribution >= 4 is 57.2 Å². The van der Waals surface area contributed by atoms with Crippen LogP contribution in [0.25, 0.3) is 28.3 Å². The van der Waals surface area contributed by atoms with Crippen LogP contribution in [0.2, 0.25) is 0 Å². The van der Waals surface area contributed by atoms with Crippen molar-refractivity contribution in [2.75, 3.05) is 0 Å². The molecular weight excluding hydrogens is 636 g/mol. The Kier molecular flexibility index (Phi) is 11.8. The molecule has 11 nitrogen and oxygen atoms in total. The van der Waals surface area contributed by atoms with Gasteiger partial charge in [0.1, 0.15) is 5.82 Å². The Morgan fingerprint density at radius 2 is 1.73 bits per heavy atom. The maximum absolute atomic E-state index is 14.5. The summed E-state index contributed by atoms with van der Waals surface area (Å²) in [6, 6.07) is 15.8. The fourth-order valence-corrected chi connectivity index (χ4v) is 6.96. The van der Waals surface area contributed by atoms with Crippen LogP contribution >= 0.6 is 0 Å². The molecule has 3 aromatic heterocycles. The number of ether oxygens (including phenoxy) is 1. The van der Waals surface area contributed by atoms with E-state index in [9.17, 15) is 14.7 Å². The van der Waals surface area contributed by atoms with Crippen LogP contribution < -0.4 is 11.3 Å². The third-order valence-corrected chi connectivity index (χ3v) is 9.27. The van der Waals surface area contributed by atoms with Gasteiger partial charge in [-0.2, -0.15) is 10.1 Å². The number of aliphatic hydroxyl groups is 1. The zero-order valence-electron chi connectivity index (χ0n) is 27.8. The number of nitrogens with one attached hydrogen (secondary N) is 1. The fraction of sp³-hybridized carbons (Fsp3) is 0.472. The molecule has 12 heteroatoms. The molecule has 6 rings (SSSR count). The Morgan fingerprint density at radius 1 is 1.04 bits per heavy atom. The summed E-state index contributed by atoms with van der Waals surface area (Å²) in [5.74, 6) is 1.01. The Hall–Kier alpha value is -2.71. The topological polar surface area (TPSA) is 141 Å². The van der Waals surface area contributed by atoms with Crippen LogP contribution in [-0.2, 0) is 17.6 Å². The van der Waals surface area contributed by atoms with Crippen LogP contribution in [0.1, 0.15) is 94.9 Å². The maximum atomic E-state index is 14.5. The van der Waals surface area contributed by atoms with E-state index in [1.807, 2.05) is 71.5 Å². The second kappa shape index (κ2) is 15.4. The molecule has 3 heterocycles. The molecule has 1 aliphatic carbocycles. The van der Waals surface area contributed by atoms with Crippen molar-refractivity contribution < 1.29 is 14.4 Å². The molecule has 48 heavy (non-hydrogen) atoms. The summed E-state index contributed by atoms with van der Waals surface area (Å²) in [6.07, 6.45) is 5.77. The number of rotatable bonds is 11. The van der Waals surface area contributed by atoms with Gasteiger partial charge in [0.15, 0.2) is 5.82 Å². The standard InChI is InChI=1S/C36H44N6O5.K.H/c1-6-10-30-29(21-23-13-15-24(16-14-23)27-11-8-9-12-28(27)32-38-35(44)47-40-32)33(43)41(34-37-22(3)39-42(30)34)25-17-19-26(20-18-25)46-31(7-2)36(4,5)45;;/h8-9,11-16,25-26,31,45H,6-7,10,17-21H2,1-5H3,(H,38,40,44);;/t25-,26-,31?;;. The Balaban J connectivity index is 0.00000451. The Labute approximate surface area is 322 Å². The van der Waals surface area contributed by atoms with E-state index in [1.54, 1.807) is 13.8 Å². The number of benzene rings is 2. The first-order chi connectivity index (χ1) is 22.6. The van der Waals surface area contributed by atoms with Crippen molar-refractivity contribution in [2.45, 2.75) is 110 Å². The zero-order valence-corrected chi connectivity index (χ0v) is 27.8. The quantitative estimate of drug-likeness (QED) is 0.183. The van der Waals surface area contributed by atoms with Crippen LogP contribution in [-0.4, -0.2) is 104 Å². The molecule has 0 bridgehead atoms. The van der Waals surface area contributed by atoms with Gasteiger partial charge in [-0.3, -0.25) is 18.9 Å². The van der Waals surface area contributed by atoms with Gasteiger partial charge in [0, 0.05) is 23.6 Å². The van der Waals surface area contributed by atoms with E-state index in [4.69, 9.17) is 19.3 Å². The number of hydrogen-bond acceptors (Lipinski definition) is 8. The van der Waals surface area contributed by atoms with Crippen LogP contribution in [0.3, 0.4) is 0 Å². The van der Waals surface area contributed by atoms with Crippen molar-refractivity contribution in [1.82, 2.24) is 29.3 Å². The SMILES string of the molecule is CCCc1c(Cc2ccc(-c3ccccc3-c3noc(=O)[nH]3)cc2)c(=O)n([C@H]2CC[C@H](OC(CC)C(C)(C)O)CC2)c2nc(C)nn12.[KH]. The van der Waals surface area contributed by atoms with E-state index < -0.39 is 11.4 Å². The third kappa shape index (κ3) is 7.70. The van der Waals surface area contributed by atoms with E-state index in [0.717, 1.165) is 72.0 Å². The average molecular weight is 681 g/mol.